The third-order valence-electron chi connectivity index (χ3n) is 1.63. The van der Waals surface area contributed by atoms with E-state index >= 15 is 0 Å². The van der Waals surface area contributed by atoms with Crippen LogP contribution in [0.2, 0.25) is 0 Å². The number of rotatable bonds is 4. The number of benzene rings is 1. The van der Waals surface area contributed by atoms with Gasteiger partial charge in [-0.3, -0.25) is 4.79 Å². The van der Waals surface area contributed by atoms with E-state index in [0.29, 0.717) is 5.75 Å². The Morgan fingerprint density at radius 2 is 2.38 bits per heavy atom. The van der Waals surface area contributed by atoms with Crippen molar-refractivity contribution in [2.24, 2.45) is 0 Å². The molecule has 0 fully saturated rings. The Morgan fingerprint density at radius 1 is 1.62 bits per heavy atom. The van der Waals surface area contributed by atoms with Crippen LogP contribution in [0.4, 0.5) is 4.39 Å². The van der Waals surface area contributed by atoms with Gasteiger partial charge in [-0.1, -0.05) is 0 Å². The average molecular weight is 287 g/mol. The Balaban J connectivity index is 2.46. The fourth-order valence-electron chi connectivity index (χ4n) is 0.905. The molecule has 0 saturated carbocycles. The molecule has 0 radical (unpaired) electrons. The number of carbonyl (C=O) groups excluding carboxylic acids is 1. The Kier molecular flexibility index (Phi) is 4.73. The van der Waals surface area contributed by atoms with Gasteiger partial charge in [-0.05, 0) is 34.1 Å². The number of halogens is 2. The molecule has 0 aliphatic rings. The first-order valence-corrected chi connectivity index (χ1v) is 5.14. The highest BCUT2D eigenvalue weighted by Gasteiger charge is 2.04. The van der Waals surface area contributed by atoms with Crippen molar-refractivity contribution in [3.05, 3.63) is 28.5 Å². The van der Waals surface area contributed by atoms with E-state index in [1.807, 2.05) is 0 Å². The quantitative estimate of drug-likeness (QED) is 0.856. The van der Waals surface area contributed by atoms with Crippen molar-refractivity contribution in [2.45, 2.75) is 0 Å². The van der Waals surface area contributed by atoms with Gasteiger partial charge in [0.2, 0.25) is 0 Å². The molecule has 16 heavy (non-hydrogen) atoms. The molecule has 0 saturated heterocycles. The Bertz CT molecular complexity index is 431. The normalized spacial score (nSPS) is 9.31. The van der Waals surface area contributed by atoms with E-state index in [2.05, 4.69) is 21.2 Å². The number of hydrogen-bond donors (Lipinski definition) is 1. The van der Waals surface area contributed by atoms with Crippen molar-refractivity contribution in [3.8, 4) is 11.8 Å². The highest BCUT2D eigenvalue weighted by molar-refractivity contribution is 9.10. The highest BCUT2D eigenvalue weighted by Crippen LogP contribution is 2.21. The maximum Gasteiger partial charge on any atom is 0.258 e. The van der Waals surface area contributed by atoms with E-state index in [4.69, 9.17) is 10.00 Å². The number of carbonyl (C=O) groups is 1. The lowest BCUT2D eigenvalue weighted by Crippen LogP contribution is -2.29. The fraction of sp³-hybridized carbons (Fsp3) is 0.200. The standard InChI is InChI=1S/C10H8BrFN2O2/c11-8-5-7(1-2-9(8)12)16-6-10(15)14-4-3-13/h1-2,5H,4,6H2,(H,14,15). The Hall–Kier alpha value is -1.61. The van der Waals surface area contributed by atoms with Crippen molar-refractivity contribution in [1.82, 2.24) is 5.32 Å². The van der Waals surface area contributed by atoms with E-state index in [0.717, 1.165) is 0 Å². The first-order chi connectivity index (χ1) is 7.63. The maximum absolute atomic E-state index is 12.8. The fourth-order valence-corrected chi connectivity index (χ4v) is 1.26. The molecule has 0 heterocycles. The summed E-state index contributed by atoms with van der Waals surface area (Å²) in [5, 5.41) is 10.5. The summed E-state index contributed by atoms with van der Waals surface area (Å²) in [5.41, 5.74) is 0. The van der Waals surface area contributed by atoms with E-state index in [9.17, 15) is 9.18 Å². The second-order valence-corrected chi connectivity index (χ2v) is 3.65. The first-order valence-electron chi connectivity index (χ1n) is 4.35. The Labute approximate surface area is 100 Å². The molecule has 0 bridgehead atoms. The summed E-state index contributed by atoms with van der Waals surface area (Å²) in [6.45, 7) is -0.269. The second-order valence-electron chi connectivity index (χ2n) is 2.80. The largest absolute Gasteiger partial charge is 0.484 e. The zero-order chi connectivity index (χ0) is 12.0. The van der Waals surface area contributed by atoms with Crippen LogP contribution in [0.5, 0.6) is 5.75 Å². The van der Waals surface area contributed by atoms with Gasteiger partial charge < -0.3 is 10.1 Å². The van der Waals surface area contributed by atoms with Crippen molar-refractivity contribution in [3.63, 3.8) is 0 Å². The van der Waals surface area contributed by atoms with Gasteiger partial charge in [0.15, 0.2) is 6.61 Å². The molecule has 1 aromatic carbocycles. The molecule has 0 unspecified atom stereocenters. The summed E-state index contributed by atoms with van der Waals surface area (Å²) in [6, 6.07) is 5.84. The van der Waals surface area contributed by atoms with Crippen LogP contribution in [-0.2, 0) is 4.79 Å². The molecule has 4 nitrogen and oxygen atoms in total. The number of nitrogens with one attached hydrogen (secondary N) is 1. The third kappa shape index (κ3) is 3.87. The lowest BCUT2D eigenvalue weighted by molar-refractivity contribution is -0.122. The van der Waals surface area contributed by atoms with Gasteiger partial charge in [-0.2, -0.15) is 5.26 Å². The van der Waals surface area contributed by atoms with Gasteiger partial charge in [0, 0.05) is 0 Å². The topological polar surface area (TPSA) is 62.1 Å². The summed E-state index contributed by atoms with van der Waals surface area (Å²) in [6.07, 6.45) is 0. The van der Waals surface area contributed by atoms with Crippen LogP contribution in [0, 0.1) is 17.1 Å². The van der Waals surface area contributed by atoms with Crippen LogP contribution in [0.3, 0.4) is 0 Å². The van der Waals surface area contributed by atoms with Crippen molar-refractivity contribution < 1.29 is 13.9 Å². The molecular weight excluding hydrogens is 279 g/mol. The zero-order valence-electron chi connectivity index (χ0n) is 8.17. The molecule has 0 aromatic heterocycles. The molecule has 1 rings (SSSR count). The molecule has 1 N–H and O–H groups in total. The van der Waals surface area contributed by atoms with Crippen LogP contribution in [0.25, 0.3) is 0 Å². The minimum absolute atomic E-state index is 0.0602. The minimum Gasteiger partial charge on any atom is -0.484 e. The van der Waals surface area contributed by atoms with Crippen molar-refractivity contribution >= 4 is 21.8 Å². The molecule has 0 aliphatic carbocycles. The van der Waals surface area contributed by atoms with Crippen molar-refractivity contribution in [2.75, 3.05) is 13.2 Å². The molecule has 84 valence electrons. The van der Waals surface area contributed by atoms with Gasteiger partial charge in [-0.25, -0.2) is 4.39 Å². The summed E-state index contributed by atoms with van der Waals surface area (Å²) >= 11 is 3.00. The maximum atomic E-state index is 12.8. The first kappa shape index (κ1) is 12.5. The molecule has 0 spiro atoms. The monoisotopic (exact) mass is 286 g/mol. The summed E-state index contributed by atoms with van der Waals surface area (Å²) in [7, 11) is 0. The van der Waals surface area contributed by atoms with E-state index < -0.39 is 11.7 Å². The van der Waals surface area contributed by atoms with Crippen LogP contribution in [-0.4, -0.2) is 19.1 Å². The second kappa shape index (κ2) is 6.08. The van der Waals surface area contributed by atoms with E-state index in [1.54, 1.807) is 6.07 Å². The van der Waals surface area contributed by atoms with Gasteiger partial charge in [0.05, 0.1) is 10.5 Å². The number of hydrogen-bond acceptors (Lipinski definition) is 3. The zero-order valence-corrected chi connectivity index (χ0v) is 9.75. The molecule has 6 heteroatoms. The highest BCUT2D eigenvalue weighted by atomic mass is 79.9. The predicted molar refractivity (Wildman–Crippen MR) is 58.2 cm³/mol. The molecule has 0 aliphatic heterocycles. The smallest absolute Gasteiger partial charge is 0.258 e. The number of amides is 1. The molecule has 1 amide bonds. The lowest BCUT2D eigenvalue weighted by atomic mass is 10.3. The van der Waals surface area contributed by atoms with E-state index in [-0.39, 0.29) is 17.6 Å². The van der Waals surface area contributed by atoms with Crippen LogP contribution in [0.1, 0.15) is 0 Å². The molecule has 0 atom stereocenters. The average Bonchev–Trinajstić information content (AvgIpc) is 2.28. The van der Waals surface area contributed by atoms with Gasteiger partial charge in [-0.15, -0.1) is 0 Å². The van der Waals surface area contributed by atoms with Crippen LogP contribution >= 0.6 is 15.9 Å². The number of ether oxygens (including phenoxy) is 1. The number of nitrogens with zero attached hydrogens (tertiary/aromatic N) is 1. The molecular formula is C10H8BrFN2O2. The third-order valence-corrected chi connectivity index (χ3v) is 2.23. The molecule has 1 aromatic rings. The summed E-state index contributed by atoms with van der Waals surface area (Å²) < 4.78 is 18.2. The SMILES string of the molecule is N#CCNC(=O)COc1ccc(F)c(Br)c1. The minimum atomic E-state index is -0.402. The van der Waals surface area contributed by atoms with Crippen LogP contribution < -0.4 is 10.1 Å². The van der Waals surface area contributed by atoms with Crippen molar-refractivity contribution in [1.29, 1.82) is 5.26 Å². The predicted octanol–water partition coefficient (Wildman–Crippen LogP) is 1.61. The van der Waals surface area contributed by atoms with Gasteiger partial charge in [0.25, 0.3) is 5.91 Å². The summed E-state index contributed by atoms with van der Waals surface area (Å²) in [4.78, 5) is 11.1. The van der Waals surface area contributed by atoms with Crippen LogP contribution in [0.15, 0.2) is 22.7 Å². The Morgan fingerprint density at radius 3 is 3.00 bits per heavy atom. The van der Waals surface area contributed by atoms with E-state index in [1.165, 1.54) is 18.2 Å². The summed E-state index contributed by atoms with van der Waals surface area (Å²) in [5.74, 6) is -0.427. The number of nitriles is 1. The lowest BCUT2D eigenvalue weighted by Gasteiger charge is -2.06. The van der Waals surface area contributed by atoms with Gasteiger partial charge in [0.1, 0.15) is 18.1 Å². The van der Waals surface area contributed by atoms with Gasteiger partial charge >= 0.3 is 0 Å².